The SMILES string of the molecule is COC(=O)C(C)NC(=O)CCCN1C(=O)CN(C)C1=O. The number of nitrogens with one attached hydrogen (secondary N) is 1. The van der Waals surface area contributed by atoms with E-state index in [1.807, 2.05) is 0 Å². The first-order chi connectivity index (χ1) is 9.36. The summed E-state index contributed by atoms with van der Waals surface area (Å²) in [5.74, 6) is -1.11. The molecule has 0 spiro atoms. The van der Waals surface area contributed by atoms with E-state index < -0.39 is 12.0 Å². The molecule has 1 fully saturated rings. The number of hydrogen-bond donors (Lipinski definition) is 1. The Morgan fingerprint density at radius 1 is 1.40 bits per heavy atom. The third kappa shape index (κ3) is 3.94. The van der Waals surface area contributed by atoms with Crippen LogP contribution >= 0.6 is 0 Å². The first kappa shape index (κ1) is 15.9. The Hall–Kier alpha value is -2.12. The number of urea groups is 1. The molecule has 0 aromatic rings. The lowest BCUT2D eigenvalue weighted by Crippen LogP contribution is -2.39. The maximum absolute atomic E-state index is 11.6. The fraction of sp³-hybridized carbons (Fsp3) is 0.667. The first-order valence-electron chi connectivity index (χ1n) is 6.29. The van der Waals surface area contributed by atoms with Crippen molar-refractivity contribution in [3.8, 4) is 0 Å². The van der Waals surface area contributed by atoms with E-state index in [1.165, 1.54) is 18.9 Å². The lowest BCUT2D eigenvalue weighted by atomic mass is 10.2. The van der Waals surface area contributed by atoms with Gasteiger partial charge in [-0.05, 0) is 13.3 Å². The van der Waals surface area contributed by atoms with Crippen LogP contribution in [-0.2, 0) is 19.1 Å². The molecule has 1 N–H and O–H groups in total. The van der Waals surface area contributed by atoms with Crippen molar-refractivity contribution in [1.29, 1.82) is 0 Å². The van der Waals surface area contributed by atoms with E-state index >= 15 is 0 Å². The number of likely N-dealkylation sites (N-methyl/N-ethyl adjacent to an activating group) is 1. The van der Waals surface area contributed by atoms with Gasteiger partial charge in [-0.25, -0.2) is 9.59 Å². The van der Waals surface area contributed by atoms with Crippen LogP contribution in [0.1, 0.15) is 19.8 Å². The predicted molar refractivity (Wildman–Crippen MR) is 68.6 cm³/mol. The van der Waals surface area contributed by atoms with Crippen LogP contribution in [0.25, 0.3) is 0 Å². The fourth-order valence-corrected chi connectivity index (χ4v) is 1.84. The molecular formula is C12H19N3O5. The van der Waals surface area contributed by atoms with Gasteiger partial charge in [0.2, 0.25) is 11.8 Å². The molecule has 0 aliphatic carbocycles. The van der Waals surface area contributed by atoms with Gasteiger partial charge in [0.15, 0.2) is 0 Å². The van der Waals surface area contributed by atoms with E-state index in [2.05, 4.69) is 10.1 Å². The van der Waals surface area contributed by atoms with Gasteiger partial charge in [-0.15, -0.1) is 0 Å². The van der Waals surface area contributed by atoms with Crippen LogP contribution in [0.5, 0.6) is 0 Å². The van der Waals surface area contributed by atoms with Crippen LogP contribution in [0.3, 0.4) is 0 Å². The molecule has 0 aromatic heterocycles. The fourth-order valence-electron chi connectivity index (χ4n) is 1.84. The van der Waals surface area contributed by atoms with Crippen molar-refractivity contribution in [1.82, 2.24) is 15.1 Å². The molecule has 0 saturated carbocycles. The molecule has 1 unspecified atom stereocenters. The van der Waals surface area contributed by atoms with Gasteiger partial charge in [-0.3, -0.25) is 14.5 Å². The van der Waals surface area contributed by atoms with E-state index in [4.69, 9.17) is 0 Å². The highest BCUT2D eigenvalue weighted by Crippen LogP contribution is 2.09. The number of amides is 4. The van der Waals surface area contributed by atoms with Gasteiger partial charge >= 0.3 is 12.0 Å². The zero-order chi connectivity index (χ0) is 15.3. The summed E-state index contributed by atoms with van der Waals surface area (Å²) in [6, 6.07) is -1.06. The molecule has 4 amide bonds. The number of ether oxygens (including phenoxy) is 1. The Balaban J connectivity index is 2.31. The second-order valence-corrected chi connectivity index (χ2v) is 4.60. The zero-order valence-electron chi connectivity index (χ0n) is 11.8. The van der Waals surface area contributed by atoms with Crippen molar-refractivity contribution in [3.63, 3.8) is 0 Å². The third-order valence-corrected chi connectivity index (χ3v) is 2.95. The Morgan fingerprint density at radius 2 is 2.05 bits per heavy atom. The van der Waals surface area contributed by atoms with Gasteiger partial charge in [0.05, 0.1) is 7.11 Å². The van der Waals surface area contributed by atoms with Crippen LogP contribution in [0.4, 0.5) is 4.79 Å². The van der Waals surface area contributed by atoms with Gasteiger partial charge in [-0.2, -0.15) is 0 Å². The smallest absolute Gasteiger partial charge is 0.328 e. The molecule has 1 heterocycles. The van der Waals surface area contributed by atoms with Crippen LogP contribution in [-0.4, -0.2) is 66.9 Å². The second kappa shape index (κ2) is 6.88. The van der Waals surface area contributed by atoms with Gasteiger partial charge in [0.25, 0.3) is 0 Å². The molecule has 0 aromatic carbocycles. The summed E-state index contributed by atoms with van der Waals surface area (Å²) in [7, 11) is 2.79. The average molecular weight is 285 g/mol. The number of methoxy groups -OCH3 is 1. The van der Waals surface area contributed by atoms with Crippen molar-refractivity contribution in [2.75, 3.05) is 27.2 Å². The van der Waals surface area contributed by atoms with E-state index in [0.717, 1.165) is 4.90 Å². The van der Waals surface area contributed by atoms with Gasteiger partial charge in [0, 0.05) is 20.0 Å². The van der Waals surface area contributed by atoms with Crippen molar-refractivity contribution in [2.24, 2.45) is 0 Å². The standard InChI is InChI=1S/C12H19N3O5/c1-8(11(18)20-3)13-9(16)5-4-6-15-10(17)7-14(2)12(15)19/h8H,4-7H2,1-3H3,(H,13,16). The molecule has 1 rings (SSSR count). The van der Waals surface area contributed by atoms with Crippen LogP contribution in [0.15, 0.2) is 0 Å². The summed E-state index contributed by atoms with van der Waals surface area (Å²) in [5.41, 5.74) is 0. The summed E-state index contributed by atoms with van der Waals surface area (Å²) in [6.45, 7) is 1.79. The summed E-state index contributed by atoms with van der Waals surface area (Å²) in [5, 5.41) is 2.47. The molecule has 0 bridgehead atoms. The summed E-state index contributed by atoms with van der Waals surface area (Å²) in [6.07, 6.45) is 0.479. The van der Waals surface area contributed by atoms with E-state index in [0.29, 0.717) is 6.42 Å². The van der Waals surface area contributed by atoms with Crippen LogP contribution in [0, 0.1) is 0 Å². The molecule has 1 aliphatic rings. The van der Waals surface area contributed by atoms with Gasteiger partial charge < -0.3 is 15.0 Å². The molecule has 0 radical (unpaired) electrons. The number of nitrogens with zero attached hydrogens (tertiary/aromatic N) is 2. The summed E-state index contributed by atoms with van der Waals surface area (Å²) in [4.78, 5) is 48.2. The van der Waals surface area contributed by atoms with E-state index in [9.17, 15) is 19.2 Å². The molecule has 8 nitrogen and oxygen atoms in total. The van der Waals surface area contributed by atoms with Crippen molar-refractivity contribution in [3.05, 3.63) is 0 Å². The predicted octanol–water partition coefficient (Wildman–Crippen LogP) is -0.662. The maximum atomic E-state index is 11.6. The lowest BCUT2D eigenvalue weighted by Gasteiger charge is -2.14. The Morgan fingerprint density at radius 3 is 2.55 bits per heavy atom. The van der Waals surface area contributed by atoms with E-state index in [1.54, 1.807) is 7.05 Å². The Bertz CT molecular complexity index is 423. The molecule has 112 valence electrons. The van der Waals surface area contributed by atoms with Gasteiger partial charge in [0.1, 0.15) is 12.6 Å². The quantitative estimate of drug-likeness (QED) is 0.516. The third-order valence-electron chi connectivity index (χ3n) is 2.95. The van der Waals surface area contributed by atoms with Crippen molar-refractivity contribution in [2.45, 2.75) is 25.8 Å². The van der Waals surface area contributed by atoms with E-state index in [-0.39, 0.29) is 37.4 Å². The van der Waals surface area contributed by atoms with Crippen molar-refractivity contribution >= 4 is 23.8 Å². The topological polar surface area (TPSA) is 96.0 Å². The molecule has 8 heteroatoms. The minimum Gasteiger partial charge on any atom is -0.467 e. The first-order valence-corrected chi connectivity index (χ1v) is 6.29. The van der Waals surface area contributed by atoms with Crippen LogP contribution in [0.2, 0.25) is 0 Å². The summed E-state index contributed by atoms with van der Waals surface area (Å²) >= 11 is 0. The molecule has 20 heavy (non-hydrogen) atoms. The second-order valence-electron chi connectivity index (χ2n) is 4.60. The average Bonchev–Trinajstić information content (AvgIpc) is 2.63. The normalized spacial score (nSPS) is 16.4. The molecular weight excluding hydrogens is 266 g/mol. The van der Waals surface area contributed by atoms with Crippen molar-refractivity contribution < 1.29 is 23.9 Å². The number of rotatable bonds is 6. The Kier molecular flexibility index (Phi) is 5.48. The number of imide groups is 1. The molecule has 1 atom stereocenters. The molecule has 1 saturated heterocycles. The lowest BCUT2D eigenvalue weighted by molar-refractivity contribution is -0.144. The Labute approximate surface area is 117 Å². The monoisotopic (exact) mass is 285 g/mol. The minimum atomic E-state index is -0.714. The largest absolute Gasteiger partial charge is 0.467 e. The minimum absolute atomic E-state index is 0.0738. The highest BCUT2D eigenvalue weighted by atomic mass is 16.5. The number of esters is 1. The summed E-state index contributed by atoms with van der Waals surface area (Å²) < 4.78 is 4.48. The zero-order valence-corrected chi connectivity index (χ0v) is 11.8. The number of hydrogen-bond acceptors (Lipinski definition) is 5. The molecule has 1 aliphatic heterocycles. The maximum Gasteiger partial charge on any atom is 0.328 e. The number of carbonyl (C=O) groups excluding carboxylic acids is 4. The highest BCUT2D eigenvalue weighted by molar-refractivity contribution is 6.01. The van der Waals surface area contributed by atoms with Gasteiger partial charge in [-0.1, -0.05) is 0 Å². The van der Waals surface area contributed by atoms with Crippen LogP contribution < -0.4 is 5.32 Å². The highest BCUT2D eigenvalue weighted by Gasteiger charge is 2.32. The number of carbonyl (C=O) groups is 4.